The van der Waals surface area contributed by atoms with Crippen LogP contribution in [0, 0.1) is 5.92 Å². The molecule has 0 aliphatic carbocycles. The summed E-state index contributed by atoms with van der Waals surface area (Å²) >= 11 is 0. The standard InChI is InChI=1S/C9H20N2O/c1-7(2)9(12)10-6-8(3)11(4)5/h7-8H,6H2,1-5H3,(H,10,12). The second-order valence-electron chi connectivity index (χ2n) is 3.71. The number of carbonyl (C=O) groups is 1. The van der Waals surface area contributed by atoms with Gasteiger partial charge in [-0.15, -0.1) is 0 Å². The summed E-state index contributed by atoms with van der Waals surface area (Å²) < 4.78 is 0. The number of nitrogens with zero attached hydrogens (tertiary/aromatic N) is 1. The van der Waals surface area contributed by atoms with E-state index in [1.54, 1.807) is 0 Å². The van der Waals surface area contributed by atoms with Crippen LogP contribution in [0.5, 0.6) is 0 Å². The quantitative estimate of drug-likeness (QED) is 0.677. The molecule has 0 saturated heterocycles. The Morgan fingerprint density at radius 1 is 1.33 bits per heavy atom. The number of likely N-dealkylation sites (N-methyl/N-ethyl adjacent to an activating group) is 1. The monoisotopic (exact) mass is 172 g/mol. The molecular weight excluding hydrogens is 152 g/mol. The molecule has 3 heteroatoms. The highest BCUT2D eigenvalue weighted by atomic mass is 16.1. The summed E-state index contributed by atoms with van der Waals surface area (Å²) in [5.41, 5.74) is 0. The van der Waals surface area contributed by atoms with E-state index in [2.05, 4.69) is 17.1 Å². The first-order valence-electron chi connectivity index (χ1n) is 4.39. The van der Waals surface area contributed by atoms with Gasteiger partial charge in [-0.2, -0.15) is 0 Å². The zero-order chi connectivity index (χ0) is 9.72. The Bertz CT molecular complexity index is 143. The summed E-state index contributed by atoms with van der Waals surface area (Å²) in [4.78, 5) is 13.2. The van der Waals surface area contributed by atoms with Crippen molar-refractivity contribution in [2.75, 3.05) is 20.6 Å². The van der Waals surface area contributed by atoms with Crippen molar-refractivity contribution in [3.8, 4) is 0 Å². The van der Waals surface area contributed by atoms with E-state index in [4.69, 9.17) is 0 Å². The molecule has 1 amide bonds. The zero-order valence-electron chi connectivity index (χ0n) is 8.72. The Kier molecular flexibility index (Phi) is 4.90. The molecule has 72 valence electrons. The SMILES string of the molecule is CC(C)C(=O)NCC(C)N(C)C. The lowest BCUT2D eigenvalue weighted by atomic mass is 10.2. The maximum absolute atomic E-state index is 11.1. The molecule has 0 bridgehead atoms. The molecule has 0 aliphatic heterocycles. The normalized spacial score (nSPS) is 13.6. The van der Waals surface area contributed by atoms with Crippen LogP contribution in [-0.4, -0.2) is 37.5 Å². The summed E-state index contributed by atoms with van der Waals surface area (Å²) in [7, 11) is 4.01. The van der Waals surface area contributed by atoms with Gasteiger partial charge in [0.15, 0.2) is 0 Å². The van der Waals surface area contributed by atoms with Gasteiger partial charge in [-0.3, -0.25) is 4.79 Å². The molecule has 0 heterocycles. The summed E-state index contributed by atoms with van der Waals surface area (Å²) in [5.74, 6) is 0.211. The largest absolute Gasteiger partial charge is 0.354 e. The van der Waals surface area contributed by atoms with Crippen molar-refractivity contribution in [2.45, 2.75) is 26.8 Å². The van der Waals surface area contributed by atoms with Crippen molar-refractivity contribution < 1.29 is 4.79 Å². The molecule has 0 aromatic rings. The Morgan fingerprint density at radius 3 is 2.17 bits per heavy atom. The molecule has 0 aromatic heterocycles. The minimum atomic E-state index is 0.0827. The third-order valence-electron chi connectivity index (χ3n) is 1.98. The van der Waals surface area contributed by atoms with Crippen LogP contribution in [-0.2, 0) is 4.79 Å². The second kappa shape index (κ2) is 5.14. The lowest BCUT2D eigenvalue weighted by Gasteiger charge is -2.20. The third kappa shape index (κ3) is 4.34. The first-order valence-corrected chi connectivity index (χ1v) is 4.39. The molecule has 0 rings (SSSR count). The number of amides is 1. The number of rotatable bonds is 4. The predicted octanol–water partition coefficient (Wildman–Crippen LogP) is 0.709. The van der Waals surface area contributed by atoms with Crippen LogP contribution in [0.1, 0.15) is 20.8 Å². The van der Waals surface area contributed by atoms with Gasteiger partial charge in [-0.1, -0.05) is 13.8 Å². The van der Waals surface area contributed by atoms with E-state index >= 15 is 0 Å². The Balaban J connectivity index is 3.61. The lowest BCUT2D eigenvalue weighted by molar-refractivity contribution is -0.124. The fourth-order valence-corrected chi connectivity index (χ4v) is 0.635. The minimum Gasteiger partial charge on any atom is -0.354 e. The molecule has 12 heavy (non-hydrogen) atoms. The van der Waals surface area contributed by atoms with Crippen molar-refractivity contribution >= 4 is 5.91 Å². The van der Waals surface area contributed by atoms with E-state index in [1.807, 2.05) is 27.9 Å². The van der Waals surface area contributed by atoms with Gasteiger partial charge in [0.2, 0.25) is 5.91 Å². The topological polar surface area (TPSA) is 32.3 Å². The van der Waals surface area contributed by atoms with Crippen LogP contribution in [0.2, 0.25) is 0 Å². The summed E-state index contributed by atoms with van der Waals surface area (Å²) in [6, 6.07) is 0.396. The van der Waals surface area contributed by atoms with E-state index in [-0.39, 0.29) is 11.8 Å². The highest BCUT2D eigenvalue weighted by molar-refractivity contribution is 5.77. The average Bonchev–Trinajstić information content (AvgIpc) is 1.98. The highest BCUT2D eigenvalue weighted by Crippen LogP contribution is 1.93. The Morgan fingerprint density at radius 2 is 1.83 bits per heavy atom. The van der Waals surface area contributed by atoms with Gasteiger partial charge >= 0.3 is 0 Å². The fourth-order valence-electron chi connectivity index (χ4n) is 0.635. The zero-order valence-corrected chi connectivity index (χ0v) is 8.72. The number of hydrogen-bond donors (Lipinski definition) is 1. The fraction of sp³-hybridized carbons (Fsp3) is 0.889. The van der Waals surface area contributed by atoms with E-state index in [1.165, 1.54) is 0 Å². The van der Waals surface area contributed by atoms with Crippen LogP contribution in [0.3, 0.4) is 0 Å². The molecular formula is C9H20N2O. The van der Waals surface area contributed by atoms with Gasteiger partial charge in [0, 0.05) is 18.5 Å². The molecule has 1 atom stereocenters. The van der Waals surface area contributed by atoms with Crippen molar-refractivity contribution in [2.24, 2.45) is 5.92 Å². The van der Waals surface area contributed by atoms with Crippen LogP contribution < -0.4 is 5.32 Å². The molecule has 0 fully saturated rings. The van der Waals surface area contributed by atoms with Crippen molar-refractivity contribution in [3.05, 3.63) is 0 Å². The second-order valence-corrected chi connectivity index (χ2v) is 3.71. The van der Waals surface area contributed by atoms with Crippen LogP contribution >= 0.6 is 0 Å². The number of hydrogen-bond acceptors (Lipinski definition) is 2. The van der Waals surface area contributed by atoms with Gasteiger partial charge < -0.3 is 10.2 Å². The van der Waals surface area contributed by atoms with Gasteiger partial charge in [0.1, 0.15) is 0 Å². The smallest absolute Gasteiger partial charge is 0.222 e. The van der Waals surface area contributed by atoms with Gasteiger partial charge in [-0.25, -0.2) is 0 Å². The molecule has 1 N–H and O–H groups in total. The third-order valence-corrected chi connectivity index (χ3v) is 1.98. The van der Waals surface area contributed by atoms with Crippen LogP contribution in [0.25, 0.3) is 0 Å². The van der Waals surface area contributed by atoms with Crippen LogP contribution in [0.15, 0.2) is 0 Å². The van der Waals surface area contributed by atoms with E-state index in [0.717, 1.165) is 6.54 Å². The number of carbonyl (C=O) groups excluding carboxylic acids is 1. The molecule has 0 radical (unpaired) electrons. The minimum absolute atomic E-state index is 0.0827. The first kappa shape index (κ1) is 11.4. The van der Waals surface area contributed by atoms with E-state index in [0.29, 0.717) is 6.04 Å². The molecule has 0 aromatic carbocycles. The highest BCUT2D eigenvalue weighted by Gasteiger charge is 2.09. The maximum Gasteiger partial charge on any atom is 0.222 e. The van der Waals surface area contributed by atoms with E-state index in [9.17, 15) is 4.79 Å². The van der Waals surface area contributed by atoms with Crippen molar-refractivity contribution in [3.63, 3.8) is 0 Å². The average molecular weight is 172 g/mol. The molecule has 0 saturated carbocycles. The summed E-state index contributed by atoms with van der Waals surface area (Å²) in [5, 5.41) is 2.88. The Labute approximate surface area is 75.1 Å². The van der Waals surface area contributed by atoms with Crippen molar-refractivity contribution in [1.82, 2.24) is 10.2 Å². The van der Waals surface area contributed by atoms with Gasteiger partial charge in [0.05, 0.1) is 0 Å². The van der Waals surface area contributed by atoms with Crippen molar-refractivity contribution in [1.29, 1.82) is 0 Å². The first-order chi connectivity index (χ1) is 5.45. The van der Waals surface area contributed by atoms with Gasteiger partial charge in [-0.05, 0) is 21.0 Å². The van der Waals surface area contributed by atoms with E-state index < -0.39 is 0 Å². The summed E-state index contributed by atoms with van der Waals surface area (Å²) in [6.45, 7) is 6.61. The summed E-state index contributed by atoms with van der Waals surface area (Å²) in [6.07, 6.45) is 0. The number of nitrogens with one attached hydrogen (secondary N) is 1. The molecule has 0 aliphatic rings. The van der Waals surface area contributed by atoms with Gasteiger partial charge in [0.25, 0.3) is 0 Å². The van der Waals surface area contributed by atoms with Crippen LogP contribution in [0.4, 0.5) is 0 Å². The molecule has 1 unspecified atom stereocenters. The maximum atomic E-state index is 11.1. The molecule has 3 nitrogen and oxygen atoms in total. The lowest BCUT2D eigenvalue weighted by Crippen LogP contribution is -2.39. The molecule has 0 spiro atoms. The predicted molar refractivity (Wildman–Crippen MR) is 51.0 cm³/mol. The Hall–Kier alpha value is -0.570.